The number of nitrogens with two attached hydrogens (primary N) is 1. The monoisotopic (exact) mass is 266 g/mol. The van der Waals surface area contributed by atoms with Gasteiger partial charge < -0.3 is 20.5 Å². The number of rotatable bonds is 8. The summed E-state index contributed by atoms with van der Waals surface area (Å²) in [5.74, 6) is 0.865. The third-order valence-corrected chi connectivity index (χ3v) is 3.70. The second-order valence-corrected chi connectivity index (χ2v) is 5.10. The van der Waals surface area contributed by atoms with Gasteiger partial charge in [0.25, 0.3) is 0 Å². The van der Waals surface area contributed by atoms with E-state index >= 15 is 0 Å². The van der Waals surface area contributed by atoms with Crippen LogP contribution in [0.1, 0.15) is 26.2 Å². The Morgan fingerprint density at radius 3 is 2.42 bits per heavy atom. The number of benzene rings is 1. The number of ether oxygens (including phenoxy) is 1. The first-order valence-electron chi connectivity index (χ1n) is 6.79. The molecule has 1 aromatic rings. The normalized spacial score (nSPS) is 13.9. The second kappa shape index (κ2) is 7.36. The molecule has 0 fully saturated rings. The van der Waals surface area contributed by atoms with Crippen molar-refractivity contribution in [1.29, 1.82) is 0 Å². The molecule has 3 N–H and O–H groups in total. The molecule has 0 aliphatic carbocycles. The molecule has 19 heavy (non-hydrogen) atoms. The largest absolute Gasteiger partial charge is 0.497 e. The topological polar surface area (TPSA) is 58.7 Å². The van der Waals surface area contributed by atoms with Crippen LogP contribution >= 0.6 is 0 Å². The highest BCUT2D eigenvalue weighted by molar-refractivity contribution is 5.48. The average molecular weight is 266 g/mol. The van der Waals surface area contributed by atoms with Crippen molar-refractivity contribution >= 4 is 5.69 Å². The minimum Gasteiger partial charge on any atom is -0.497 e. The van der Waals surface area contributed by atoms with Crippen LogP contribution in [0.15, 0.2) is 24.3 Å². The lowest BCUT2D eigenvalue weighted by atomic mass is 9.92. The van der Waals surface area contributed by atoms with Gasteiger partial charge in [-0.1, -0.05) is 6.92 Å². The van der Waals surface area contributed by atoms with E-state index < -0.39 is 5.54 Å². The Bertz CT molecular complexity index is 361. The predicted molar refractivity (Wildman–Crippen MR) is 79.8 cm³/mol. The van der Waals surface area contributed by atoms with Gasteiger partial charge in [-0.3, -0.25) is 0 Å². The summed E-state index contributed by atoms with van der Waals surface area (Å²) in [7, 11) is 3.73. The van der Waals surface area contributed by atoms with Crippen molar-refractivity contribution in [2.75, 3.05) is 32.2 Å². The van der Waals surface area contributed by atoms with Gasteiger partial charge >= 0.3 is 0 Å². The van der Waals surface area contributed by atoms with E-state index in [9.17, 15) is 5.11 Å². The summed E-state index contributed by atoms with van der Waals surface area (Å²) in [6.07, 6.45) is 2.60. The van der Waals surface area contributed by atoms with Crippen molar-refractivity contribution in [3.8, 4) is 5.75 Å². The number of methoxy groups -OCH3 is 1. The van der Waals surface area contributed by atoms with Crippen LogP contribution in [0.3, 0.4) is 0 Å². The molecule has 1 rings (SSSR count). The third kappa shape index (κ3) is 4.73. The fraction of sp³-hybridized carbons (Fsp3) is 0.600. The minimum atomic E-state index is -0.430. The fourth-order valence-electron chi connectivity index (χ4n) is 2.00. The van der Waals surface area contributed by atoms with E-state index in [0.717, 1.165) is 37.2 Å². The summed E-state index contributed by atoms with van der Waals surface area (Å²) in [5.41, 5.74) is 6.80. The summed E-state index contributed by atoms with van der Waals surface area (Å²) in [5, 5.41) is 9.27. The van der Waals surface area contributed by atoms with Crippen LogP contribution in [0, 0.1) is 0 Å². The molecule has 0 aromatic heterocycles. The molecule has 0 bridgehead atoms. The standard InChI is InChI=1S/C15H26N2O2/c1-4-15(16,12-18)10-5-11-17(2)13-6-8-14(19-3)9-7-13/h6-9,18H,4-5,10-12,16H2,1-3H3. The lowest BCUT2D eigenvalue weighted by molar-refractivity contribution is 0.181. The molecule has 0 radical (unpaired) electrons. The molecule has 1 unspecified atom stereocenters. The molecule has 4 heteroatoms. The van der Waals surface area contributed by atoms with Crippen molar-refractivity contribution in [3.05, 3.63) is 24.3 Å². The van der Waals surface area contributed by atoms with Crippen LogP contribution in [0.2, 0.25) is 0 Å². The van der Waals surface area contributed by atoms with Gasteiger partial charge in [0.05, 0.1) is 13.7 Å². The maximum Gasteiger partial charge on any atom is 0.119 e. The number of aliphatic hydroxyl groups excluding tert-OH is 1. The quantitative estimate of drug-likeness (QED) is 0.755. The van der Waals surface area contributed by atoms with Crippen LogP contribution in [0.4, 0.5) is 5.69 Å². The average Bonchev–Trinajstić information content (AvgIpc) is 2.47. The smallest absolute Gasteiger partial charge is 0.119 e. The first-order valence-corrected chi connectivity index (χ1v) is 6.79. The van der Waals surface area contributed by atoms with Crippen LogP contribution in [0.5, 0.6) is 5.75 Å². The number of hydrogen-bond donors (Lipinski definition) is 2. The molecule has 0 heterocycles. The molecular formula is C15H26N2O2. The van der Waals surface area contributed by atoms with Gasteiger partial charge in [-0.2, -0.15) is 0 Å². The van der Waals surface area contributed by atoms with Crippen molar-refractivity contribution in [3.63, 3.8) is 0 Å². The molecule has 108 valence electrons. The van der Waals surface area contributed by atoms with Crippen molar-refractivity contribution < 1.29 is 9.84 Å². The van der Waals surface area contributed by atoms with Gasteiger partial charge in [-0.15, -0.1) is 0 Å². The van der Waals surface area contributed by atoms with Gasteiger partial charge in [-0.25, -0.2) is 0 Å². The van der Waals surface area contributed by atoms with Crippen LogP contribution in [0.25, 0.3) is 0 Å². The first kappa shape index (κ1) is 15.8. The zero-order chi connectivity index (χ0) is 14.3. The Morgan fingerprint density at radius 1 is 1.32 bits per heavy atom. The lowest BCUT2D eigenvalue weighted by Gasteiger charge is -2.27. The van der Waals surface area contributed by atoms with Crippen LogP contribution in [-0.2, 0) is 0 Å². The molecule has 0 saturated heterocycles. The number of anilines is 1. The van der Waals surface area contributed by atoms with Crippen molar-refractivity contribution in [1.82, 2.24) is 0 Å². The van der Waals surface area contributed by atoms with E-state index in [2.05, 4.69) is 11.9 Å². The number of aliphatic hydroxyl groups is 1. The molecule has 1 aromatic carbocycles. The van der Waals surface area contributed by atoms with E-state index in [0.29, 0.717) is 0 Å². The van der Waals surface area contributed by atoms with E-state index in [1.165, 1.54) is 0 Å². The summed E-state index contributed by atoms with van der Waals surface area (Å²) < 4.78 is 5.14. The van der Waals surface area contributed by atoms with E-state index in [1.54, 1.807) is 7.11 Å². The van der Waals surface area contributed by atoms with Crippen LogP contribution in [-0.4, -0.2) is 38.0 Å². The molecule has 1 atom stereocenters. The van der Waals surface area contributed by atoms with E-state index in [1.807, 2.05) is 31.2 Å². The lowest BCUT2D eigenvalue weighted by Crippen LogP contribution is -2.43. The zero-order valence-corrected chi connectivity index (χ0v) is 12.2. The Morgan fingerprint density at radius 2 is 1.95 bits per heavy atom. The van der Waals surface area contributed by atoms with E-state index in [-0.39, 0.29) is 6.61 Å². The maximum atomic E-state index is 9.27. The predicted octanol–water partition coefficient (Wildman–Crippen LogP) is 2.01. The third-order valence-electron chi connectivity index (χ3n) is 3.70. The zero-order valence-electron chi connectivity index (χ0n) is 12.2. The molecule has 0 spiro atoms. The van der Waals surface area contributed by atoms with Gasteiger partial charge in [0, 0.05) is 24.8 Å². The maximum absolute atomic E-state index is 9.27. The van der Waals surface area contributed by atoms with Gasteiger partial charge in [0.1, 0.15) is 5.75 Å². The van der Waals surface area contributed by atoms with Gasteiger partial charge in [-0.05, 0) is 43.5 Å². The molecular weight excluding hydrogens is 240 g/mol. The summed E-state index contributed by atoms with van der Waals surface area (Å²) >= 11 is 0. The number of hydrogen-bond acceptors (Lipinski definition) is 4. The molecule has 0 aliphatic heterocycles. The highest BCUT2D eigenvalue weighted by atomic mass is 16.5. The van der Waals surface area contributed by atoms with Gasteiger partial charge in [0.2, 0.25) is 0 Å². The Kier molecular flexibility index (Phi) is 6.12. The summed E-state index contributed by atoms with van der Waals surface area (Å²) in [6.45, 7) is 2.99. The molecule has 0 saturated carbocycles. The van der Waals surface area contributed by atoms with Crippen LogP contribution < -0.4 is 15.4 Å². The highest BCUT2D eigenvalue weighted by Crippen LogP contribution is 2.19. The van der Waals surface area contributed by atoms with Gasteiger partial charge in [0.15, 0.2) is 0 Å². The second-order valence-electron chi connectivity index (χ2n) is 5.10. The highest BCUT2D eigenvalue weighted by Gasteiger charge is 2.20. The SMILES string of the molecule is CCC(N)(CO)CCCN(C)c1ccc(OC)cc1. The summed E-state index contributed by atoms with van der Waals surface area (Å²) in [6, 6.07) is 8.00. The van der Waals surface area contributed by atoms with Crippen molar-refractivity contribution in [2.45, 2.75) is 31.7 Å². The molecule has 0 aliphatic rings. The Balaban J connectivity index is 2.44. The van der Waals surface area contributed by atoms with Crippen molar-refractivity contribution in [2.24, 2.45) is 5.73 Å². The first-order chi connectivity index (χ1) is 9.04. The Hall–Kier alpha value is -1.26. The van der Waals surface area contributed by atoms with E-state index in [4.69, 9.17) is 10.5 Å². The molecule has 4 nitrogen and oxygen atoms in total. The number of nitrogens with zero attached hydrogens (tertiary/aromatic N) is 1. The summed E-state index contributed by atoms with van der Waals surface area (Å²) in [4.78, 5) is 2.19. The fourth-order valence-corrected chi connectivity index (χ4v) is 2.00. The minimum absolute atomic E-state index is 0.0513. The molecule has 0 amide bonds. The Labute approximate surface area is 116 Å².